The number of aromatic nitrogens is 1. The minimum atomic E-state index is 0.391. The normalized spacial score (nSPS) is 31.8. The van der Waals surface area contributed by atoms with Crippen molar-refractivity contribution in [2.24, 2.45) is 11.8 Å². The summed E-state index contributed by atoms with van der Waals surface area (Å²) in [7, 11) is 0. The number of hydrogen-bond acceptors (Lipinski definition) is 5. The molecule has 3 heterocycles. The van der Waals surface area contributed by atoms with Crippen molar-refractivity contribution in [2.45, 2.75) is 37.8 Å². The number of hydrogen-bond donors (Lipinski definition) is 1. The number of nitrogens with one attached hydrogen (secondary N) is 1. The van der Waals surface area contributed by atoms with Crippen molar-refractivity contribution < 1.29 is 9.47 Å². The first-order valence-corrected chi connectivity index (χ1v) is 9.47. The first-order chi connectivity index (χ1) is 11.9. The summed E-state index contributed by atoms with van der Waals surface area (Å²) in [6.45, 7) is 6.09. The van der Waals surface area contributed by atoms with E-state index in [9.17, 15) is 0 Å². The van der Waals surface area contributed by atoms with Gasteiger partial charge in [0.05, 0.1) is 18.4 Å². The van der Waals surface area contributed by atoms with Crippen LogP contribution in [0.25, 0.3) is 0 Å². The highest BCUT2D eigenvalue weighted by atomic mass is 16.5. The van der Waals surface area contributed by atoms with E-state index < -0.39 is 0 Å². The first kappa shape index (κ1) is 16.3. The van der Waals surface area contributed by atoms with Crippen LogP contribution in [0.2, 0.25) is 0 Å². The maximum atomic E-state index is 6.20. The van der Waals surface area contributed by atoms with E-state index in [1.807, 2.05) is 18.5 Å². The van der Waals surface area contributed by atoms with Gasteiger partial charge in [0.25, 0.3) is 0 Å². The summed E-state index contributed by atoms with van der Waals surface area (Å²) in [6.07, 6.45) is 9.07. The molecule has 0 bridgehead atoms. The van der Waals surface area contributed by atoms with E-state index in [-0.39, 0.29) is 0 Å². The molecule has 4 rings (SSSR count). The molecule has 24 heavy (non-hydrogen) atoms. The Balaban J connectivity index is 1.32. The van der Waals surface area contributed by atoms with Gasteiger partial charge in [-0.2, -0.15) is 0 Å². The Labute approximate surface area is 144 Å². The Morgan fingerprint density at radius 3 is 2.92 bits per heavy atom. The maximum Gasteiger partial charge on any atom is 0.0775 e. The zero-order chi connectivity index (χ0) is 16.2. The van der Waals surface area contributed by atoms with Crippen LogP contribution in [0, 0.1) is 11.8 Å². The van der Waals surface area contributed by atoms with E-state index >= 15 is 0 Å². The second-order valence-electron chi connectivity index (χ2n) is 7.41. The molecule has 2 saturated heterocycles. The summed E-state index contributed by atoms with van der Waals surface area (Å²) in [5, 5.41) is 3.54. The van der Waals surface area contributed by atoms with Crippen molar-refractivity contribution in [1.82, 2.24) is 9.88 Å². The van der Waals surface area contributed by atoms with Gasteiger partial charge in [-0.05, 0) is 43.7 Å². The lowest BCUT2D eigenvalue weighted by molar-refractivity contribution is -0.0797. The molecule has 3 aliphatic rings. The van der Waals surface area contributed by atoms with Crippen molar-refractivity contribution in [3.63, 3.8) is 0 Å². The number of pyridine rings is 1. The van der Waals surface area contributed by atoms with Crippen molar-refractivity contribution in [3.8, 4) is 0 Å². The fraction of sp³-hybridized carbons (Fsp3) is 0.737. The lowest BCUT2D eigenvalue weighted by atomic mass is 9.97. The molecule has 1 aromatic rings. The van der Waals surface area contributed by atoms with Gasteiger partial charge in [0.15, 0.2) is 0 Å². The monoisotopic (exact) mass is 331 g/mol. The van der Waals surface area contributed by atoms with E-state index in [4.69, 9.17) is 9.47 Å². The average molecular weight is 331 g/mol. The van der Waals surface area contributed by atoms with Gasteiger partial charge in [-0.1, -0.05) is 0 Å². The fourth-order valence-electron chi connectivity index (χ4n) is 4.56. The van der Waals surface area contributed by atoms with Gasteiger partial charge in [0.2, 0.25) is 0 Å². The van der Waals surface area contributed by atoms with E-state index in [0.717, 1.165) is 44.5 Å². The molecule has 5 heteroatoms. The van der Waals surface area contributed by atoms with Crippen LogP contribution in [0.3, 0.4) is 0 Å². The van der Waals surface area contributed by atoms with E-state index in [1.165, 1.54) is 32.2 Å². The van der Waals surface area contributed by atoms with Crippen LogP contribution >= 0.6 is 0 Å². The highest BCUT2D eigenvalue weighted by Gasteiger charge is 2.42. The lowest BCUT2D eigenvalue weighted by Gasteiger charge is -2.41. The summed E-state index contributed by atoms with van der Waals surface area (Å²) >= 11 is 0. The topological polar surface area (TPSA) is 46.6 Å². The minimum absolute atomic E-state index is 0.391. The SMILES string of the molecule is c1cncc(NC[C@@H]2CC[C@@H]3[C@H]2OCCN3CC2CCOCC2)c1. The van der Waals surface area contributed by atoms with Crippen LogP contribution in [-0.2, 0) is 9.47 Å². The van der Waals surface area contributed by atoms with Crippen LogP contribution in [0.1, 0.15) is 25.7 Å². The van der Waals surface area contributed by atoms with E-state index in [0.29, 0.717) is 18.1 Å². The molecule has 3 atom stereocenters. The molecule has 1 aliphatic carbocycles. The lowest BCUT2D eigenvalue weighted by Crippen LogP contribution is -2.52. The third-order valence-electron chi connectivity index (χ3n) is 5.90. The van der Waals surface area contributed by atoms with E-state index in [2.05, 4.69) is 21.3 Å². The largest absolute Gasteiger partial charge is 0.383 e. The quantitative estimate of drug-likeness (QED) is 0.898. The second-order valence-corrected chi connectivity index (χ2v) is 7.41. The molecule has 2 aliphatic heterocycles. The standard InChI is InChI=1S/C19H29N3O2/c1-2-17(13-20-7-1)21-12-16-3-4-18-19(16)24-11-8-22(18)14-15-5-9-23-10-6-15/h1-2,7,13,15-16,18-19,21H,3-6,8-12,14H2/t16-,18+,19-/m0/s1. The molecule has 1 saturated carbocycles. The summed E-state index contributed by atoms with van der Waals surface area (Å²) < 4.78 is 11.7. The number of anilines is 1. The molecular formula is C19H29N3O2. The Morgan fingerprint density at radius 2 is 2.08 bits per heavy atom. The van der Waals surface area contributed by atoms with Crippen LogP contribution in [0.5, 0.6) is 0 Å². The zero-order valence-electron chi connectivity index (χ0n) is 14.4. The highest BCUT2D eigenvalue weighted by Crippen LogP contribution is 2.35. The van der Waals surface area contributed by atoms with Crippen LogP contribution in [0.15, 0.2) is 24.5 Å². The Hall–Kier alpha value is -1.17. The molecular weight excluding hydrogens is 302 g/mol. The predicted octanol–water partition coefficient (Wildman–Crippen LogP) is 2.40. The van der Waals surface area contributed by atoms with Crippen LogP contribution in [0.4, 0.5) is 5.69 Å². The van der Waals surface area contributed by atoms with Gasteiger partial charge >= 0.3 is 0 Å². The summed E-state index contributed by atoms with van der Waals surface area (Å²) in [5.74, 6) is 1.41. The van der Waals surface area contributed by atoms with Gasteiger partial charge in [-0.15, -0.1) is 0 Å². The molecule has 0 radical (unpaired) electrons. The first-order valence-electron chi connectivity index (χ1n) is 9.47. The summed E-state index contributed by atoms with van der Waals surface area (Å²) in [4.78, 5) is 6.89. The number of ether oxygens (including phenoxy) is 2. The summed E-state index contributed by atoms with van der Waals surface area (Å²) in [6, 6.07) is 4.67. The van der Waals surface area contributed by atoms with E-state index in [1.54, 1.807) is 0 Å². The molecule has 1 aromatic heterocycles. The van der Waals surface area contributed by atoms with Crippen molar-refractivity contribution in [2.75, 3.05) is 44.8 Å². The number of nitrogens with zero attached hydrogens (tertiary/aromatic N) is 2. The average Bonchev–Trinajstić information content (AvgIpc) is 3.06. The Bertz CT molecular complexity index is 507. The second kappa shape index (κ2) is 7.81. The summed E-state index contributed by atoms with van der Waals surface area (Å²) in [5.41, 5.74) is 1.11. The van der Waals surface area contributed by atoms with Gasteiger partial charge in [-0.25, -0.2) is 0 Å². The highest BCUT2D eigenvalue weighted by molar-refractivity contribution is 5.39. The fourth-order valence-corrected chi connectivity index (χ4v) is 4.56. The minimum Gasteiger partial charge on any atom is -0.383 e. The molecule has 0 spiro atoms. The third-order valence-corrected chi connectivity index (χ3v) is 5.90. The van der Waals surface area contributed by atoms with Crippen molar-refractivity contribution in [3.05, 3.63) is 24.5 Å². The third kappa shape index (κ3) is 3.73. The van der Waals surface area contributed by atoms with Crippen molar-refractivity contribution >= 4 is 5.69 Å². The zero-order valence-corrected chi connectivity index (χ0v) is 14.4. The maximum absolute atomic E-state index is 6.20. The van der Waals surface area contributed by atoms with Gasteiger partial charge in [0.1, 0.15) is 0 Å². The molecule has 0 aromatic carbocycles. The van der Waals surface area contributed by atoms with Gasteiger partial charge in [-0.3, -0.25) is 9.88 Å². The van der Waals surface area contributed by atoms with Crippen LogP contribution < -0.4 is 5.32 Å². The number of morpholine rings is 1. The number of rotatable bonds is 5. The smallest absolute Gasteiger partial charge is 0.0775 e. The molecule has 132 valence electrons. The Kier molecular flexibility index (Phi) is 5.30. The molecule has 5 nitrogen and oxygen atoms in total. The molecule has 3 fully saturated rings. The van der Waals surface area contributed by atoms with Gasteiger partial charge in [0, 0.05) is 57.2 Å². The molecule has 1 N–H and O–H groups in total. The van der Waals surface area contributed by atoms with Gasteiger partial charge < -0.3 is 14.8 Å². The van der Waals surface area contributed by atoms with Crippen LogP contribution in [-0.4, -0.2) is 61.5 Å². The number of fused-ring (bicyclic) bond motifs is 1. The molecule has 0 amide bonds. The molecule has 0 unspecified atom stereocenters. The Morgan fingerprint density at radius 1 is 1.17 bits per heavy atom. The predicted molar refractivity (Wildman–Crippen MR) is 94.1 cm³/mol. The van der Waals surface area contributed by atoms with Crippen molar-refractivity contribution in [1.29, 1.82) is 0 Å².